The van der Waals surface area contributed by atoms with Gasteiger partial charge in [0.2, 0.25) is 6.79 Å². The second-order valence-corrected chi connectivity index (χ2v) is 8.01. The van der Waals surface area contributed by atoms with Crippen molar-refractivity contribution in [2.24, 2.45) is 0 Å². The SMILES string of the molecule is CC(Nc1ccc(NS(=O)(=O)c2ccc3c(c2)OCO3)cn1)c1ccccc1. The Balaban J connectivity index is 1.45. The van der Waals surface area contributed by atoms with E-state index in [0.717, 1.165) is 5.56 Å². The molecule has 0 fully saturated rings. The van der Waals surface area contributed by atoms with E-state index >= 15 is 0 Å². The van der Waals surface area contributed by atoms with E-state index in [2.05, 4.69) is 15.0 Å². The third-order valence-corrected chi connectivity index (χ3v) is 5.71. The van der Waals surface area contributed by atoms with Crippen LogP contribution in [-0.2, 0) is 10.0 Å². The summed E-state index contributed by atoms with van der Waals surface area (Å²) in [5.74, 6) is 1.60. The highest BCUT2D eigenvalue weighted by Crippen LogP contribution is 2.34. The zero-order valence-electron chi connectivity index (χ0n) is 15.1. The summed E-state index contributed by atoms with van der Waals surface area (Å²) < 4.78 is 38.2. The highest BCUT2D eigenvalue weighted by Gasteiger charge is 2.20. The Labute approximate surface area is 163 Å². The smallest absolute Gasteiger partial charge is 0.262 e. The first kappa shape index (κ1) is 18.1. The van der Waals surface area contributed by atoms with Gasteiger partial charge in [0.25, 0.3) is 10.0 Å². The first-order valence-corrected chi connectivity index (χ1v) is 10.2. The van der Waals surface area contributed by atoms with Crippen LogP contribution in [0.3, 0.4) is 0 Å². The van der Waals surface area contributed by atoms with E-state index in [9.17, 15) is 8.42 Å². The fourth-order valence-electron chi connectivity index (χ4n) is 2.84. The molecule has 0 saturated heterocycles. The van der Waals surface area contributed by atoms with E-state index < -0.39 is 10.0 Å². The lowest BCUT2D eigenvalue weighted by Crippen LogP contribution is -2.13. The summed E-state index contributed by atoms with van der Waals surface area (Å²) in [5, 5.41) is 3.29. The Hall–Kier alpha value is -3.26. The molecule has 0 spiro atoms. The molecule has 3 aromatic rings. The molecule has 1 atom stereocenters. The highest BCUT2D eigenvalue weighted by molar-refractivity contribution is 7.92. The van der Waals surface area contributed by atoms with Crippen molar-refractivity contribution in [1.82, 2.24) is 4.98 Å². The summed E-state index contributed by atoms with van der Waals surface area (Å²) in [4.78, 5) is 4.39. The van der Waals surface area contributed by atoms with Crippen LogP contribution in [-0.4, -0.2) is 20.2 Å². The van der Waals surface area contributed by atoms with E-state index in [-0.39, 0.29) is 17.7 Å². The molecule has 0 aliphatic carbocycles. The summed E-state index contributed by atoms with van der Waals surface area (Å²) in [6, 6.07) is 18.0. The maximum absolute atomic E-state index is 12.6. The van der Waals surface area contributed by atoms with E-state index in [1.54, 1.807) is 18.2 Å². The molecule has 7 nitrogen and oxygen atoms in total. The van der Waals surface area contributed by atoms with Crippen LogP contribution in [0, 0.1) is 0 Å². The van der Waals surface area contributed by atoms with Crippen LogP contribution in [0.2, 0.25) is 0 Å². The minimum atomic E-state index is -3.76. The normalized spacial score (nSPS) is 13.8. The van der Waals surface area contributed by atoms with Gasteiger partial charge in [0.05, 0.1) is 16.8 Å². The lowest BCUT2D eigenvalue weighted by molar-refractivity contribution is 0.174. The number of nitrogens with one attached hydrogen (secondary N) is 2. The van der Waals surface area contributed by atoms with Crippen molar-refractivity contribution >= 4 is 21.5 Å². The molecule has 8 heteroatoms. The minimum Gasteiger partial charge on any atom is -0.454 e. The van der Waals surface area contributed by atoms with Crippen molar-refractivity contribution < 1.29 is 17.9 Å². The number of fused-ring (bicyclic) bond motifs is 1. The molecule has 1 aromatic heterocycles. The average molecular weight is 397 g/mol. The molecule has 28 heavy (non-hydrogen) atoms. The number of ether oxygens (including phenoxy) is 2. The first-order chi connectivity index (χ1) is 13.5. The number of hydrogen-bond acceptors (Lipinski definition) is 6. The van der Waals surface area contributed by atoms with Crippen LogP contribution in [0.15, 0.2) is 71.8 Å². The van der Waals surface area contributed by atoms with E-state index in [0.29, 0.717) is 23.0 Å². The van der Waals surface area contributed by atoms with E-state index in [1.165, 1.54) is 18.3 Å². The maximum Gasteiger partial charge on any atom is 0.262 e. The Kier molecular flexibility index (Phi) is 4.79. The Bertz CT molecular complexity index is 1070. The van der Waals surface area contributed by atoms with Crippen LogP contribution >= 0.6 is 0 Å². The standard InChI is InChI=1S/C20H19N3O4S/c1-14(15-5-3-2-4-6-15)22-20-10-7-16(12-21-20)23-28(24,25)17-8-9-18-19(11-17)27-13-26-18/h2-12,14,23H,13H2,1H3,(H,21,22). The van der Waals surface area contributed by atoms with E-state index in [4.69, 9.17) is 9.47 Å². The molecule has 1 aliphatic heterocycles. The molecule has 2 heterocycles. The molecule has 2 N–H and O–H groups in total. The van der Waals surface area contributed by atoms with Gasteiger partial charge in [-0.1, -0.05) is 30.3 Å². The average Bonchev–Trinajstić information content (AvgIpc) is 3.18. The van der Waals surface area contributed by atoms with Crippen molar-refractivity contribution in [2.45, 2.75) is 17.9 Å². The quantitative estimate of drug-likeness (QED) is 0.658. The fraction of sp³-hybridized carbons (Fsp3) is 0.150. The number of anilines is 2. The van der Waals surface area contributed by atoms with Crippen molar-refractivity contribution in [2.75, 3.05) is 16.8 Å². The van der Waals surface area contributed by atoms with Gasteiger partial charge >= 0.3 is 0 Å². The number of benzene rings is 2. The van der Waals surface area contributed by atoms with Crippen molar-refractivity contribution in [1.29, 1.82) is 0 Å². The number of hydrogen-bond donors (Lipinski definition) is 2. The van der Waals surface area contributed by atoms with Crippen LogP contribution in [0.1, 0.15) is 18.5 Å². The van der Waals surface area contributed by atoms with Crippen LogP contribution < -0.4 is 19.5 Å². The zero-order chi connectivity index (χ0) is 19.6. The second kappa shape index (κ2) is 7.40. The van der Waals surface area contributed by atoms with Crippen molar-refractivity contribution in [3.63, 3.8) is 0 Å². The van der Waals surface area contributed by atoms with Crippen LogP contribution in [0.25, 0.3) is 0 Å². The Morgan fingerprint density at radius 1 is 1.00 bits per heavy atom. The third-order valence-electron chi connectivity index (χ3n) is 4.33. The molecule has 144 valence electrons. The zero-order valence-corrected chi connectivity index (χ0v) is 15.9. The van der Waals surface area contributed by atoms with Crippen LogP contribution in [0.4, 0.5) is 11.5 Å². The summed E-state index contributed by atoms with van der Waals surface area (Å²) in [5.41, 5.74) is 1.51. The largest absolute Gasteiger partial charge is 0.454 e. The monoisotopic (exact) mass is 397 g/mol. The van der Waals surface area contributed by atoms with Crippen molar-refractivity contribution in [3.05, 3.63) is 72.4 Å². The van der Waals surface area contributed by atoms with Crippen LogP contribution in [0.5, 0.6) is 11.5 Å². The van der Waals surface area contributed by atoms with Crippen molar-refractivity contribution in [3.8, 4) is 11.5 Å². The number of sulfonamides is 1. The molecule has 0 saturated carbocycles. The summed E-state index contributed by atoms with van der Waals surface area (Å²) in [6.45, 7) is 2.12. The number of rotatable bonds is 6. The summed E-state index contributed by atoms with van der Waals surface area (Å²) >= 11 is 0. The van der Waals surface area contributed by atoms with E-state index in [1.807, 2.05) is 37.3 Å². The number of pyridine rings is 1. The molecular weight excluding hydrogens is 378 g/mol. The van der Waals surface area contributed by atoms with Gasteiger partial charge in [-0.15, -0.1) is 0 Å². The third kappa shape index (κ3) is 3.86. The lowest BCUT2D eigenvalue weighted by atomic mass is 10.1. The number of nitrogens with zero attached hydrogens (tertiary/aromatic N) is 1. The maximum atomic E-state index is 12.6. The van der Waals surface area contributed by atoms with Gasteiger partial charge in [0, 0.05) is 12.1 Å². The predicted octanol–water partition coefficient (Wildman–Crippen LogP) is 3.78. The Morgan fingerprint density at radius 3 is 2.54 bits per heavy atom. The molecule has 0 amide bonds. The highest BCUT2D eigenvalue weighted by atomic mass is 32.2. The molecule has 1 unspecified atom stereocenters. The lowest BCUT2D eigenvalue weighted by Gasteiger charge is -2.15. The van der Waals surface area contributed by atoms with Gasteiger partial charge in [0.15, 0.2) is 11.5 Å². The van der Waals surface area contributed by atoms with Gasteiger partial charge < -0.3 is 14.8 Å². The minimum absolute atomic E-state index is 0.0740. The molecule has 2 aromatic carbocycles. The molecular formula is C20H19N3O4S. The second-order valence-electron chi connectivity index (χ2n) is 6.33. The Morgan fingerprint density at radius 2 is 1.79 bits per heavy atom. The van der Waals surface area contributed by atoms with Gasteiger partial charge in [0.1, 0.15) is 5.82 Å². The number of aromatic nitrogens is 1. The van der Waals surface area contributed by atoms with Gasteiger partial charge in [-0.2, -0.15) is 0 Å². The fourth-order valence-corrected chi connectivity index (χ4v) is 3.90. The molecule has 4 rings (SSSR count). The topological polar surface area (TPSA) is 89.5 Å². The van der Waals surface area contributed by atoms with Gasteiger partial charge in [-0.25, -0.2) is 13.4 Å². The summed E-state index contributed by atoms with van der Waals surface area (Å²) in [7, 11) is -3.76. The van der Waals surface area contributed by atoms with Gasteiger partial charge in [-0.3, -0.25) is 4.72 Å². The predicted molar refractivity (Wildman–Crippen MR) is 106 cm³/mol. The molecule has 0 bridgehead atoms. The molecule has 1 aliphatic rings. The van der Waals surface area contributed by atoms with Gasteiger partial charge in [-0.05, 0) is 36.8 Å². The molecule has 0 radical (unpaired) electrons. The first-order valence-electron chi connectivity index (χ1n) is 8.71. The summed E-state index contributed by atoms with van der Waals surface area (Å²) in [6.07, 6.45) is 1.48.